The van der Waals surface area contributed by atoms with E-state index in [2.05, 4.69) is 19.8 Å². The summed E-state index contributed by atoms with van der Waals surface area (Å²) in [6.07, 6.45) is -2.09. The quantitative estimate of drug-likeness (QED) is 0.152. The highest BCUT2D eigenvalue weighted by atomic mass is 32.2. The third-order valence-corrected chi connectivity index (χ3v) is 6.24. The lowest BCUT2D eigenvalue weighted by Crippen LogP contribution is -2.47. The third-order valence-electron chi connectivity index (χ3n) is 4.87. The Hall–Kier alpha value is -3.64. The topological polar surface area (TPSA) is 169 Å². The average Bonchev–Trinajstić information content (AvgIpc) is 2.84. The molecule has 190 valence electrons. The van der Waals surface area contributed by atoms with E-state index in [-0.39, 0.29) is 36.8 Å². The van der Waals surface area contributed by atoms with Crippen LogP contribution in [-0.4, -0.2) is 57.3 Å². The number of alkyl carbamates (subject to hydrolysis) is 1. The summed E-state index contributed by atoms with van der Waals surface area (Å²) in [4.78, 5) is 28.0. The number of aryl methyl sites for hydroxylation is 1. The SMILES string of the molecule is COC(=O)C(O)[C@H](CCCN=C(N)NS(=O)(=O)c1ccc(C)cc1)NC(=O)OCc1ccccc1. The van der Waals surface area contributed by atoms with Gasteiger partial charge in [0.2, 0.25) is 5.96 Å². The summed E-state index contributed by atoms with van der Waals surface area (Å²) in [5.41, 5.74) is 7.37. The van der Waals surface area contributed by atoms with Gasteiger partial charge in [0.15, 0.2) is 6.10 Å². The van der Waals surface area contributed by atoms with Gasteiger partial charge in [0.05, 0.1) is 18.0 Å². The van der Waals surface area contributed by atoms with E-state index in [1.807, 2.05) is 13.0 Å². The number of aliphatic hydroxyl groups is 1. The van der Waals surface area contributed by atoms with Crippen LogP contribution in [0.5, 0.6) is 0 Å². The number of guanidine groups is 1. The Balaban J connectivity index is 1.91. The summed E-state index contributed by atoms with van der Waals surface area (Å²) >= 11 is 0. The van der Waals surface area contributed by atoms with Crippen LogP contribution < -0.4 is 15.8 Å². The molecule has 35 heavy (non-hydrogen) atoms. The van der Waals surface area contributed by atoms with Crippen molar-refractivity contribution in [3.8, 4) is 0 Å². The Bertz CT molecular complexity index is 1110. The molecule has 0 radical (unpaired) electrons. The zero-order chi connectivity index (χ0) is 25.8. The second-order valence-electron chi connectivity index (χ2n) is 7.61. The highest BCUT2D eigenvalue weighted by Gasteiger charge is 2.28. The number of ether oxygens (including phenoxy) is 2. The van der Waals surface area contributed by atoms with Gasteiger partial charge in [0.25, 0.3) is 10.0 Å². The van der Waals surface area contributed by atoms with Crippen LogP contribution in [0.25, 0.3) is 0 Å². The number of amides is 1. The molecule has 0 aliphatic heterocycles. The van der Waals surface area contributed by atoms with Crippen molar-refractivity contribution in [1.82, 2.24) is 10.0 Å². The zero-order valence-electron chi connectivity index (χ0n) is 19.5. The predicted molar refractivity (Wildman–Crippen MR) is 129 cm³/mol. The number of aliphatic hydroxyl groups excluding tert-OH is 1. The van der Waals surface area contributed by atoms with Gasteiger partial charge in [-0.25, -0.2) is 22.7 Å². The van der Waals surface area contributed by atoms with Crippen molar-refractivity contribution in [2.24, 2.45) is 10.7 Å². The van der Waals surface area contributed by atoms with Gasteiger partial charge in [-0.3, -0.25) is 4.99 Å². The molecular weight excluding hydrogens is 476 g/mol. The van der Waals surface area contributed by atoms with E-state index in [0.29, 0.717) is 0 Å². The lowest BCUT2D eigenvalue weighted by molar-refractivity contribution is -0.152. The number of methoxy groups -OCH3 is 1. The molecule has 12 heteroatoms. The molecule has 11 nitrogen and oxygen atoms in total. The van der Waals surface area contributed by atoms with E-state index in [4.69, 9.17) is 10.5 Å². The Morgan fingerprint density at radius 3 is 2.40 bits per heavy atom. The lowest BCUT2D eigenvalue weighted by Gasteiger charge is -2.22. The van der Waals surface area contributed by atoms with E-state index in [1.165, 1.54) is 12.1 Å². The highest BCUT2D eigenvalue weighted by Crippen LogP contribution is 2.10. The van der Waals surface area contributed by atoms with Gasteiger partial charge in [-0.05, 0) is 37.5 Å². The molecule has 0 saturated carbocycles. The van der Waals surface area contributed by atoms with Crippen LogP contribution in [0.3, 0.4) is 0 Å². The normalized spacial score (nSPS) is 13.4. The van der Waals surface area contributed by atoms with E-state index in [0.717, 1.165) is 18.2 Å². The monoisotopic (exact) mass is 506 g/mol. The highest BCUT2D eigenvalue weighted by molar-refractivity contribution is 7.90. The van der Waals surface area contributed by atoms with Crippen molar-refractivity contribution in [2.45, 2.75) is 43.4 Å². The second kappa shape index (κ2) is 13.3. The number of nitrogens with two attached hydrogens (primary N) is 1. The Labute approximate surface area is 204 Å². The molecular formula is C23H30N4O7S. The number of carbonyl (C=O) groups is 2. The first-order valence-electron chi connectivity index (χ1n) is 10.7. The Kier molecular flexibility index (Phi) is 10.5. The summed E-state index contributed by atoms with van der Waals surface area (Å²) < 4.78 is 36.6. The lowest BCUT2D eigenvalue weighted by atomic mass is 10.1. The number of carbonyl (C=O) groups excluding carboxylic acids is 2. The van der Waals surface area contributed by atoms with Gasteiger partial charge in [-0.2, -0.15) is 0 Å². The van der Waals surface area contributed by atoms with Crippen LogP contribution in [0.2, 0.25) is 0 Å². The molecule has 2 aromatic carbocycles. The summed E-state index contributed by atoms with van der Waals surface area (Å²) in [5.74, 6) is -1.24. The standard InChI is InChI=1S/C23H30N4O7S/c1-16-10-12-18(13-11-16)35(31,32)27-22(24)25-14-6-9-19(20(28)21(29)33-2)26-23(30)34-15-17-7-4-3-5-8-17/h3-5,7-8,10-13,19-20,28H,6,9,14-15H2,1-2H3,(H,26,30)(H3,24,25,27)/t19-,20?/m0/s1. The van der Waals surface area contributed by atoms with Crippen molar-refractivity contribution in [1.29, 1.82) is 0 Å². The molecule has 0 spiro atoms. The molecule has 5 N–H and O–H groups in total. The molecule has 1 unspecified atom stereocenters. The number of hydrogen-bond acceptors (Lipinski definition) is 8. The molecule has 0 saturated heterocycles. The smallest absolute Gasteiger partial charge is 0.407 e. The number of aliphatic imine (C=N–C) groups is 1. The molecule has 0 fully saturated rings. The van der Waals surface area contributed by atoms with Gasteiger partial charge in [-0.15, -0.1) is 0 Å². The first-order valence-corrected chi connectivity index (χ1v) is 12.2. The van der Waals surface area contributed by atoms with Gasteiger partial charge in [-0.1, -0.05) is 48.0 Å². The number of esters is 1. The van der Waals surface area contributed by atoms with Gasteiger partial charge >= 0.3 is 12.1 Å². The molecule has 2 atom stereocenters. The minimum absolute atomic E-state index is 0.00959. The predicted octanol–water partition coefficient (Wildman–Crippen LogP) is 1.20. The first-order chi connectivity index (χ1) is 16.6. The largest absolute Gasteiger partial charge is 0.467 e. The number of nitrogens with one attached hydrogen (secondary N) is 2. The maximum absolute atomic E-state index is 12.4. The Morgan fingerprint density at radius 2 is 1.77 bits per heavy atom. The summed E-state index contributed by atoms with van der Waals surface area (Å²) in [7, 11) is -2.77. The van der Waals surface area contributed by atoms with Gasteiger partial charge < -0.3 is 25.6 Å². The minimum atomic E-state index is -3.88. The van der Waals surface area contributed by atoms with E-state index >= 15 is 0 Å². The summed E-state index contributed by atoms with van der Waals surface area (Å²) in [6, 6.07) is 14.2. The second-order valence-corrected chi connectivity index (χ2v) is 9.29. The maximum Gasteiger partial charge on any atom is 0.407 e. The van der Waals surface area contributed by atoms with Crippen molar-refractivity contribution in [3.05, 3.63) is 65.7 Å². The Morgan fingerprint density at radius 1 is 1.11 bits per heavy atom. The van der Waals surface area contributed by atoms with Crippen LogP contribution in [0.15, 0.2) is 64.5 Å². The molecule has 2 rings (SSSR count). The van der Waals surface area contributed by atoms with Crippen molar-refractivity contribution < 1.29 is 32.6 Å². The van der Waals surface area contributed by atoms with Crippen LogP contribution in [-0.2, 0) is 30.9 Å². The average molecular weight is 507 g/mol. The van der Waals surface area contributed by atoms with Crippen LogP contribution in [0, 0.1) is 6.92 Å². The zero-order valence-corrected chi connectivity index (χ0v) is 20.3. The minimum Gasteiger partial charge on any atom is -0.467 e. The fourth-order valence-corrected chi connectivity index (χ4v) is 3.92. The maximum atomic E-state index is 12.4. The number of sulfonamides is 1. The molecule has 1 amide bonds. The van der Waals surface area contributed by atoms with Crippen LogP contribution >= 0.6 is 0 Å². The van der Waals surface area contributed by atoms with E-state index in [9.17, 15) is 23.1 Å². The van der Waals surface area contributed by atoms with Crippen molar-refractivity contribution in [3.63, 3.8) is 0 Å². The molecule has 0 aromatic heterocycles. The summed E-state index contributed by atoms with van der Waals surface area (Å²) in [6.45, 7) is 1.91. The molecule has 2 aromatic rings. The summed E-state index contributed by atoms with van der Waals surface area (Å²) in [5, 5.41) is 12.7. The molecule has 0 aliphatic rings. The van der Waals surface area contributed by atoms with E-state index < -0.39 is 34.2 Å². The van der Waals surface area contributed by atoms with Crippen LogP contribution in [0.1, 0.15) is 24.0 Å². The fraction of sp³-hybridized carbons (Fsp3) is 0.348. The fourth-order valence-electron chi connectivity index (χ4n) is 2.97. The molecule has 0 aliphatic carbocycles. The van der Waals surface area contributed by atoms with Crippen molar-refractivity contribution in [2.75, 3.05) is 13.7 Å². The van der Waals surface area contributed by atoms with Gasteiger partial charge in [0, 0.05) is 6.54 Å². The van der Waals surface area contributed by atoms with Gasteiger partial charge in [0.1, 0.15) is 6.61 Å². The first kappa shape index (κ1) is 27.6. The van der Waals surface area contributed by atoms with E-state index in [1.54, 1.807) is 36.4 Å². The third kappa shape index (κ3) is 9.26. The molecule has 0 bridgehead atoms. The number of hydrogen-bond donors (Lipinski definition) is 4. The van der Waals surface area contributed by atoms with Crippen molar-refractivity contribution >= 4 is 28.0 Å². The number of rotatable bonds is 11. The number of nitrogens with zero attached hydrogens (tertiary/aromatic N) is 1. The number of benzene rings is 2. The molecule has 0 heterocycles. The van der Waals surface area contributed by atoms with Crippen LogP contribution in [0.4, 0.5) is 4.79 Å².